The number of carboxylic acid groups (broad SMARTS) is 1. The van der Waals surface area contributed by atoms with Gasteiger partial charge in [-0.2, -0.15) is 0 Å². The minimum Gasteiger partial charge on any atom is -0.481 e. The van der Waals surface area contributed by atoms with Gasteiger partial charge in [-0.25, -0.2) is 9.97 Å². The molecule has 0 aliphatic carbocycles. The van der Waals surface area contributed by atoms with Crippen LogP contribution in [-0.2, 0) is 11.2 Å². The monoisotopic (exact) mass is 247 g/mol. The van der Waals surface area contributed by atoms with Crippen LogP contribution in [0.15, 0.2) is 6.20 Å². The minimum absolute atomic E-state index is 0.123. The number of fused-ring (bicyclic) bond motifs is 1. The highest BCUT2D eigenvalue weighted by Gasteiger charge is 2.13. The summed E-state index contributed by atoms with van der Waals surface area (Å²) in [4.78, 5) is 22.7. The zero-order chi connectivity index (χ0) is 13.3. The highest BCUT2D eigenvalue weighted by Crippen LogP contribution is 2.23. The first-order chi connectivity index (χ1) is 8.49. The van der Waals surface area contributed by atoms with Crippen molar-refractivity contribution in [1.82, 2.24) is 15.0 Å². The van der Waals surface area contributed by atoms with Crippen LogP contribution in [-0.4, -0.2) is 26.0 Å². The third-order valence-corrected chi connectivity index (χ3v) is 2.94. The number of hydrogen-bond acceptors (Lipinski definition) is 3. The SMILES string of the molecule is Cc1nc(C(C)C)nc2[nH]cc(CCC(=O)O)c12. The Labute approximate surface area is 105 Å². The lowest BCUT2D eigenvalue weighted by atomic mass is 10.1. The lowest BCUT2D eigenvalue weighted by Crippen LogP contribution is -2.01. The van der Waals surface area contributed by atoms with Crippen molar-refractivity contribution in [2.24, 2.45) is 0 Å². The topological polar surface area (TPSA) is 78.9 Å². The van der Waals surface area contributed by atoms with Crippen molar-refractivity contribution in [3.8, 4) is 0 Å². The molecule has 0 saturated carbocycles. The molecular weight excluding hydrogens is 230 g/mol. The molecule has 0 atom stereocenters. The number of carboxylic acids is 1. The normalized spacial score (nSPS) is 11.3. The zero-order valence-corrected chi connectivity index (χ0v) is 10.8. The van der Waals surface area contributed by atoms with E-state index in [1.807, 2.05) is 13.1 Å². The molecule has 0 bridgehead atoms. The summed E-state index contributed by atoms with van der Waals surface area (Å²) in [6.45, 7) is 6.04. The first-order valence-electron chi connectivity index (χ1n) is 6.05. The van der Waals surface area contributed by atoms with Gasteiger partial charge in [-0.05, 0) is 18.9 Å². The van der Waals surface area contributed by atoms with Crippen molar-refractivity contribution in [2.45, 2.75) is 39.5 Å². The number of nitrogens with one attached hydrogen (secondary N) is 1. The van der Waals surface area contributed by atoms with Crippen LogP contribution in [0.4, 0.5) is 0 Å². The van der Waals surface area contributed by atoms with E-state index in [-0.39, 0.29) is 12.3 Å². The predicted octanol–water partition coefficient (Wildman–Crippen LogP) is 2.41. The third kappa shape index (κ3) is 2.34. The number of aryl methyl sites for hydroxylation is 2. The Morgan fingerprint density at radius 1 is 1.44 bits per heavy atom. The van der Waals surface area contributed by atoms with Gasteiger partial charge in [0, 0.05) is 23.9 Å². The van der Waals surface area contributed by atoms with E-state index in [4.69, 9.17) is 5.11 Å². The molecule has 5 nitrogen and oxygen atoms in total. The molecule has 0 aromatic carbocycles. The molecule has 0 aliphatic rings. The molecule has 0 radical (unpaired) electrons. The van der Waals surface area contributed by atoms with Crippen LogP contribution in [0.25, 0.3) is 11.0 Å². The van der Waals surface area contributed by atoms with Gasteiger partial charge >= 0.3 is 5.97 Å². The average Bonchev–Trinajstić information content (AvgIpc) is 2.69. The maximum atomic E-state index is 10.6. The molecule has 0 amide bonds. The Balaban J connectivity index is 2.43. The van der Waals surface area contributed by atoms with Gasteiger partial charge in [0.05, 0.1) is 5.69 Å². The Morgan fingerprint density at radius 3 is 2.78 bits per heavy atom. The van der Waals surface area contributed by atoms with E-state index < -0.39 is 5.97 Å². The van der Waals surface area contributed by atoms with Gasteiger partial charge in [-0.15, -0.1) is 0 Å². The van der Waals surface area contributed by atoms with Crippen LogP contribution in [0, 0.1) is 6.92 Å². The van der Waals surface area contributed by atoms with Gasteiger partial charge in [0.15, 0.2) is 0 Å². The number of H-pyrrole nitrogens is 1. The highest BCUT2D eigenvalue weighted by atomic mass is 16.4. The second-order valence-electron chi connectivity index (χ2n) is 4.75. The lowest BCUT2D eigenvalue weighted by molar-refractivity contribution is -0.136. The first-order valence-corrected chi connectivity index (χ1v) is 6.05. The molecule has 2 heterocycles. The van der Waals surface area contributed by atoms with Gasteiger partial charge in [-0.3, -0.25) is 4.79 Å². The molecule has 0 unspecified atom stereocenters. The standard InChI is InChI=1S/C13H17N3O2/c1-7(2)12-15-8(3)11-9(4-5-10(17)18)6-14-13(11)16-12/h6-7H,4-5H2,1-3H3,(H,17,18)(H,14,15,16). The lowest BCUT2D eigenvalue weighted by Gasteiger charge is -2.06. The number of nitrogens with zero attached hydrogens (tertiary/aromatic N) is 2. The molecule has 5 heteroatoms. The third-order valence-electron chi connectivity index (χ3n) is 2.94. The van der Waals surface area contributed by atoms with Crippen LogP contribution in [0.1, 0.15) is 43.3 Å². The van der Waals surface area contributed by atoms with Crippen molar-refractivity contribution < 1.29 is 9.90 Å². The number of carbonyl (C=O) groups is 1. The molecular formula is C13H17N3O2. The Morgan fingerprint density at radius 2 is 2.17 bits per heavy atom. The Bertz CT molecular complexity index is 587. The number of aliphatic carboxylic acids is 1. The van der Waals surface area contributed by atoms with Gasteiger partial charge in [0.1, 0.15) is 11.5 Å². The average molecular weight is 247 g/mol. The largest absolute Gasteiger partial charge is 0.481 e. The summed E-state index contributed by atoms with van der Waals surface area (Å²) in [6, 6.07) is 0. The molecule has 0 aliphatic heterocycles. The predicted molar refractivity (Wildman–Crippen MR) is 68.7 cm³/mol. The quantitative estimate of drug-likeness (QED) is 0.869. The summed E-state index contributed by atoms with van der Waals surface area (Å²) < 4.78 is 0. The van der Waals surface area contributed by atoms with E-state index in [9.17, 15) is 4.79 Å². The fourth-order valence-corrected chi connectivity index (χ4v) is 2.01. The number of hydrogen-bond donors (Lipinski definition) is 2. The zero-order valence-electron chi connectivity index (χ0n) is 10.8. The second-order valence-corrected chi connectivity index (χ2v) is 4.75. The van der Waals surface area contributed by atoms with E-state index in [1.165, 1.54) is 0 Å². The van der Waals surface area contributed by atoms with Crippen LogP contribution >= 0.6 is 0 Å². The van der Waals surface area contributed by atoms with Crippen molar-refractivity contribution in [1.29, 1.82) is 0 Å². The maximum Gasteiger partial charge on any atom is 0.303 e. The van der Waals surface area contributed by atoms with Crippen molar-refractivity contribution >= 4 is 17.0 Å². The van der Waals surface area contributed by atoms with Gasteiger partial charge < -0.3 is 10.1 Å². The van der Waals surface area contributed by atoms with E-state index >= 15 is 0 Å². The van der Waals surface area contributed by atoms with Crippen molar-refractivity contribution in [2.75, 3.05) is 0 Å². The van der Waals surface area contributed by atoms with Gasteiger partial charge in [0.25, 0.3) is 0 Å². The summed E-state index contributed by atoms with van der Waals surface area (Å²) in [5.41, 5.74) is 2.68. The van der Waals surface area contributed by atoms with E-state index in [1.54, 1.807) is 0 Å². The molecule has 2 aromatic heterocycles. The van der Waals surface area contributed by atoms with Crippen LogP contribution < -0.4 is 0 Å². The summed E-state index contributed by atoms with van der Waals surface area (Å²) in [5.74, 6) is 0.298. The van der Waals surface area contributed by atoms with E-state index in [0.717, 1.165) is 28.1 Å². The van der Waals surface area contributed by atoms with Crippen LogP contribution in [0.2, 0.25) is 0 Å². The molecule has 2 N–H and O–H groups in total. The maximum absolute atomic E-state index is 10.6. The molecule has 18 heavy (non-hydrogen) atoms. The summed E-state index contributed by atoms with van der Waals surface area (Å²) >= 11 is 0. The first kappa shape index (κ1) is 12.5. The van der Waals surface area contributed by atoms with Gasteiger partial charge in [-0.1, -0.05) is 13.8 Å². The molecule has 96 valence electrons. The number of rotatable bonds is 4. The molecule has 0 spiro atoms. The highest BCUT2D eigenvalue weighted by molar-refractivity contribution is 5.82. The molecule has 0 fully saturated rings. The number of aromatic amines is 1. The minimum atomic E-state index is -0.790. The van der Waals surface area contributed by atoms with E-state index in [0.29, 0.717) is 6.42 Å². The van der Waals surface area contributed by atoms with Crippen molar-refractivity contribution in [3.05, 3.63) is 23.3 Å². The van der Waals surface area contributed by atoms with Crippen LogP contribution in [0.3, 0.4) is 0 Å². The Kier molecular flexibility index (Phi) is 3.32. The summed E-state index contributed by atoms with van der Waals surface area (Å²) in [7, 11) is 0. The smallest absolute Gasteiger partial charge is 0.303 e. The van der Waals surface area contributed by atoms with Crippen molar-refractivity contribution in [3.63, 3.8) is 0 Å². The molecule has 2 rings (SSSR count). The summed E-state index contributed by atoms with van der Waals surface area (Å²) in [6.07, 6.45) is 2.46. The van der Waals surface area contributed by atoms with E-state index in [2.05, 4.69) is 28.8 Å². The summed E-state index contributed by atoms with van der Waals surface area (Å²) in [5, 5.41) is 9.69. The number of aromatic nitrogens is 3. The van der Waals surface area contributed by atoms with Crippen LogP contribution in [0.5, 0.6) is 0 Å². The molecule has 2 aromatic rings. The Hall–Kier alpha value is -1.91. The second kappa shape index (κ2) is 4.76. The fraction of sp³-hybridized carbons (Fsp3) is 0.462. The fourth-order valence-electron chi connectivity index (χ4n) is 2.01. The molecule has 0 saturated heterocycles. The van der Waals surface area contributed by atoms with Gasteiger partial charge in [0.2, 0.25) is 0 Å².